The molecular formula is C30H21FIrN. The largest absolute Gasteiger partial charge is 3.00 e. The second-order valence-corrected chi connectivity index (χ2v) is 7.25. The van der Waals surface area contributed by atoms with E-state index in [1.165, 1.54) is 17.2 Å². The Labute approximate surface area is 208 Å². The van der Waals surface area contributed by atoms with Crippen molar-refractivity contribution in [3.63, 3.8) is 0 Å². The van der Waals surface area contributed by atoms with Crippen LogP contribution in [-0.2, 0) is 20.1 Å². The zero-order valence-electron chi connectivity index (χ0n) is 18.1. The average molecular weight is 607 g/mol. The fourth-order valence-electron chi connectivity index (χ4n) is 3.22. The van der Waals surface area contributed by atoms with Crippen LogP contribution in [0.2, 0.25) is 0 Å². The third-order valence-electron chi connectivity index (χ3n) is 4.88. The van der Waals surface area contributed by atoms with Gasteiger partial charge in [-0.25, -0.2) is 11.1 Å². The molecule has 4 aromatic carbocycles. The summed E-state index contributed by atoms with van der Waals surface area (Å²) >= 11 is 0. The molecular weight excluding hydrogens is 586 g/mol. The molecule has 0 N–H and O–H groups in total. The number of nitrogens with zero attached hydrogens (tertiary/aromatic N) is 1. The van der Waals surface area contributed by atoms with Crippen molar-refractivity contribution < 1.29 is 24.5 Å². The van der Waals surface area contributed by atoms with Crippen LogP contribution >= 0.6 is 0 Å². The topological polar surface area (TPSA) is 12.9 Å². The maximum atomic E-state index is 13.3. The van der Waals surface area contributed by atoms with Crippen LogP contribution in [0, 0.1) is 30.9 Å². The summed E-state index contributed by atoms with van der Waals surface area (Å²) in [5, 5.41) is 0. The third kappa shape index (κ3) is 6.55. The molecule has 5 rings (SSSR count). The molecule has 0 saturated carbocycles. The van der Waals surface area contributed by atoms with Gasteiger partial charge in [0, 0.05) is 12.0 Å². The van der Waals surface area contributed by atoms with Crippen LogP contribution in [0.25, 0.3) is 33.5 Å². The average Bonchev–Trinajstić information content (AvgIpc) is 2.87. The van der Waals surface area contributed by atoms with Crippen LogP contribution < -0.4 is 0 Å². The van der Waals surface area contributed by atoms with Crippen LogP contribution in [0.1, 0.15) is 5.56 Å². The van der Waals surface area contributed by atoms with Crippen molar-refractivity contribution in [2.75, 3.05) is 0 Å². The summed E-state index contributed by atoms with van der Waals surface area (Å²) in [5.74, 6) is -0.288. The summed E-state index contributed by atoms with van der Waals surface area (Å²) in [4.78, 5) is 4.14. The molecule has 0 unspecified atom stereocenters. The van der Waals surface area contributed by atoms with Gasteiger partial charge in [-0.05, 0) is 23.7 Å². The molecule has 0 fully saturated rings. The molecule has 0 aliphatic carbocycles. The number of hydrogen-bond acceptors (Lipinski definition) is 1. The predicted octanol–water partition coefficient (Wildman–Crippen LogP) is 7.61. The van der Waals surface area contributed by atoms with Crippen molar-refractivity contribution in [2.45, 2.75) is 6.92 Å². The van der Waals surface area contributed by atoms with E-state index in [0.29, 0.717) is 11.3 Å². The Morgan fingerprint density at radius 3 is 2.12 bits per heavy atom. The SMILES string of the molecule is Cc1ccc(-c2[c-]cccc2F)nc1.[Ir+3].[c-]1ccccc1-c1[c-]ccc(-c2ccccc2)c1. The minimum Gasteiger partial charge on any atom is -0.304 e. The Morgan fingerprint density at radius 1 is 0.667 bits per heavy atom. The second kappa shape index (κ2) is 12.0. The molecule has 0 saturated heterocycles. The predicted molar refractivity (Wildman–Crippen MR) is 128 cm³/mol. The van der Waals surface area contributed by atoms with Gasteiger partial charge in [0.25, 0.3) is 0 Å². The normalized spacial score (nSPS) is 9.88. The van der Waals surface area contributed by atoms with E-state index in [-0.39, 0.29) is 25.9 Å². The van der Waals surface area contributed by atoms with Crippen molar-refractivity contribution in [1.82, 2.24) is 4.98 Å². The van der Waals surface area contributed by atoms with E-state index < -0.39 is 0 Å². The summed E-state index contributed by atoms with van der Waals surface area (Å²) in [7, 11) is 0. The first kappa shape index (κ1) is 24.3. The minimum atomic E-state index is -0.288. The molecule has 0 spiro atoms. The monoisotopic (exact) mass is 607 g/mol. The van der Waals surface area contributed by atoms with Gasteiger partial charge in [-0.3, -0.25) is 4.39 Å². The summed E-state index contributed by atoms with van der Waals surface area (Å²) in [5.41, 5.74) is 6.70. The Morgan fingerprint density at radius 2 is 1.42 bits per heavy atom. The Bertz CT molecular complexity index is 1220. The standard InChI is InChI=1S/C18H12.C12H9FN.Ir/c1-3-8-15(9-4-1)17-12-7-13-18(14-17)16-10-5-2-6-11-16;1-9-6-7-12(14-8-9)10-4-2-3-5-11(10)13;/h1-10,12,14H;2-3,5-8H,1H3;/q-2;-1;+3. The summed E-state index contributed by atoms with van der Waals surface area (Å²) in [6, 6.07) is 42.3. The molecule has 5 aromatic rings. The maximum absolute atomic E-state index is 13.3. The zero-order valence-corrected chi connectivity index (χ0v) is 20.4. The maximum Gasteiger partial charge on any atom is 3.00 e. The molecule has 3 heteroatoms. The minimum absolute atomic E-state index is 0. The molecule has 1 aromatic heterocycles. The van der Waals surface area contributed by atoms with Crippen molar-refractivity contribution in [3.8, 4) is 33.5 Å². The van der Waals surface area contributed by atoms with Crippen LogP contribution in [0.15, 0.2) is 109 Å². The molecule has 0 aliphatic heterocycles. The first-order chi connectivity index (χ1) is 15.7. The van der Waals surface area contributed by atoms with Gasteiger partial charge in [-0.2, -0.15) is 42.5 Å². The van der Waals surface area contributed by atoms with Crippen molar-refractivity contribution in [2.24, 2.45) is 0 Å². The zero-order chi connectivity index (χ0) is 22.2. The number of pyridine rings is 1. The molecule has 33 heavy (non-hydrogen) atoms. The molecule has 0 radical (unpaired) electrons. The molecule has 0 atom stereocenters. The number of hydrogen-bond donors (Lipinski definition) is 0. The van der Waals surface area contributed by atoms with E-state index in [1.54, 1.807) is 24.4 Å². The number of halogens is 1. The third-order valence-corrected chi connectivity index (χ3v) is 4.88. The van der Waals surface area contributed by atoms with E-state index in [4.69, 9.17) is 0 Å². The molecule has 0 bridgehead atoms. The van der Waals surface area contributed by atoms with Crippen molar-refractivity contribution in [3.05, 3.63) is 139 Å². The van der Waals surface area contributed by atoms with Gasteiger partial charge in [0.1, 0.15) is 0 Å². The van der Waals surface area contributed by atoms with E-state index in [2.05, 4.69) is 65.6 Å². The molecule has 0 aliphatic rings. The van der Waals surface area contributed by atoms with Gasteiger partial charge in [-0.1, -0.05) is 48.0 Å². The van der Waals surface area contributed by atoms with Crippen LogP contribution in [0.4, 0.5) is 4.39 Å². The van der Waals surface area contributed by atoms with E-state index in [9.17, 15) is 4.39 Å². The Kier molecular flexibility index (Phi) is 8.83. The molecule has 1 heterocycles. The van der Waals surface area contributed by atoms with E-state index in [0.717, 1.165) is 16.7 Å². The van der Waals surface area contributed by atoms with Gasteiger partial charge in [-0.15, -0.1) is 42.0 Å². The van der Waals surface area contributed by atoms with Crippen molar-refractivity contribution >= 4 is 0 Å². The van der Waals surface area contributed by atoms with Crippen molar-refractivity contribution in [1.29, 1.82) is 0 Å². The number of benzene rings is 4. The molecule has 1 nitrogen and oxygen atoms in total. The number of aryl methyl sites for hydroxylation is 1. The first-order valence-corrected chi connectivity index (χ1v) is 10.3. The second-order valence-electron chi connectivity index (χ2n) is 7.25. The van der Waals surface area contributed by atoms with Gasteiger partial charge in [0.15, 0.2) is 0 Å². The van der Waals surface area contributed by atoms with Crippen LogP contribution in [0.5, 0.6) is 0 Å². The summed E-state index contributed by atoms with van der Waals surface area (Å²) < 4.78 is 13.3. The fourth-order valence-corrected chi connectivity index (χ4v) is 3.22. The van der Waals surface area contributed by atoms with E-state index in [1.807, 2.05) is 43.3 Å². The molecule has 0 amide bonds. The molecule has 162 valence electrons. The first-order valence-electron chi connectivity index (χ1n) is 10.3. The number of rotatable bonds is 3. The van der Waals surface area contributed by atoms with Gasteiger partial charge in [0.05, 0.1) is 0 Å². The smallest absolute Gasteiger partial charge is 0.304 e. The Hall–Kier alpha value is -3.39. The van der Waals surface area contributed by atoms with Gasteiger partial charge < -0.3 is 4.98 Å². The number of aromatic nitrogens is 1. The van der Waals surface area contributed by atoms with Crippen LogP contribution in [0.3, 0.4) is 0 Å². The Balaban J connectivity index is 0.000000186. The van der Waals surface area contributed by atoms with Gasteiger partial charge in [0.2, 0.25) is 0 Å². The summed E-state index contributed by atoms with van der Waals surface area (Å²) in [6.45, 7) is 1.95. The quantitative estimate of drug-likeness (QED) is 0.193. The fraction of sp³-hybridized carbons (Fsp3) is 0.0333. The van der Waals surface area contributed by atoms with Crippen LogP contribution in [-0.4, -0.2) is 4.98 Å². The van der Waals surface area contributed by atoms with E-state index >= 15 is 0 Å². The summed E-state index contributed by atoms with van der Waals surface area (Å²) in [6.07, 6.45) is 1.72. The van der Waals surface area contributed by atoms with Gasteiger partial charge >= 0.3 is 20.1 Å².